The van der Waals surface area contributed by atoms with Crippen LogP contribution in [0.15, 0.2) is 22.6 Å². The van der Waals surface area contributed by atoms with Gasteiger partial charge in [0.15, 0.2) is 0 Å². The van der Waals surface area contributed by atoms with E-state index < -0.39 is 0 Å². The number of amides is 1. The van der Waals surface area contributed by atoms with E-state index in [-0.39, 0.29) is 11.8 Å². The summed E-state index contributed by atoms with van der Waals surface area (Å²) in [6.45, 7) is 5.55. The fourth-order valence-corrected chi connectivity index (χ4v) is 4.52. The first-order chi connectivity index (χ1) is 15.7. The number of ether oxygens (including phenoxy) is 1. The van der Waals surface area contributed by atoms with Crippen molar-refractivity contribution in [2.75, 3.05) is 50.0 Å². The Balaban J connectivity index is 1.24. The lowest BCUT2D eigenvalue weighted by Gasteiger charge is -2.26. The van der Waals surface area contributed by atoms with Crippen LogP contribution in [-0.2, 0) is 9.53 Å². The molecule has 1 aliphatic heterocycles. The first kappa shape index (κ1) is 23.0. The van der Waals surface area contributed by atoms with Gasteiger partial charge in [-0.05, 0) is 50.4 Å². The van der Waals surface area contributed by atoms with Crippen molar-refractivity contribution in [3.05, 3.63) is 23.2 Å². The summed E-state index contributed by atoms with van der Waals surface area (Å²) in [5, 5.41) is 14.8. The molecule has 9 heteroatoms. The van der Waals surface area contributed by atoms with Crippen LogP contribution in [0, 0.1) is 5.92 Å². The Morgan fingerprint density at radius 1 is 1.12 bits per heavy atom. The van der Waals surface area contributed by atoms with Gasteiger partial charge in [-0.15, -0.1) is 5.10 Å². The average molecular weight is 462 g/mol. The number of unbranched alkanes of at least 4 members (excludes halogenated alkanes) is 1. The van der Waals surface area contributed by atoms with E-state index >= 15 is 0 Å². The number of hydrogen-bond acceptors (Lipinski definition) is 7. The van der Waals surface area contributed by atoms with Crippen LogP contribution in [0.25, 0.3) is 11.5 Å². The Morgan fingerprint density at radius 3 is 2.72 bits per heavy atom. The number of carbonyl (C=O) groups excluding carboxylic acids is 1. The largest absolute Gasteiger partial charge is 0.403 e. The van der Waals surface area contributed by atoms with Crippen molar-refractivity contribution >= 4 is 29.2 Å². The number of halogens is 1. The molecule has 2 aromatic rings. The zero-order valence-electron chi connectivity index (χ0n) is 18.4. The molecule has 2 N–H and O–H groups in total. The summed E-state index contributed by atoms with van der Waals surface area (Å²) in [6, 6.07) is 5.75. The smallest absolute Gasteiger partial charge is 0.315 e. The Bertz CT molecular complexity index is 878. The molecule has 174 valence electrons. The Hall–Kier alpha value is -2.16. The van der Waals surface area contributed by atoms with Crippen molar-refractivity contribution in [1.82, 2.24) is 15.1 Å². The second-order valence-corrected chi connectivity index (χ2v) is 8.93. The molecule has 0 radical (unpaired) electrons. The highest BCUT2D eigenvalue weighted by Crippen LogP contribution is 2.31. The molecule has 2 aliphatic rings. The van der Waals surface area contributed by atoms with Crippen LogP contribution < -0.4 is 10.6 Å². The van der Waals surface area contributed by atoms with Gasteiger partial charge in [0, 0.05) is 31.2 Å². The maximum Gasteiger partial charge on any atom is 0.315 e. The van der Waals surface area contributed by atoms with Crippen LogP contribution in [0.2, 0.25) is 5.02 Å². The third-order valence-electron chi connectivity index (χ3n) is 6.15. The summed E-state index contributed by atoms with van der Waals surface area (Å²) in [5.74, 6) is 0.531. The summed E-state index contributed by atoms with van der Waals surface area (Å²) < 4.78 is 11.1. The number of nitrogens with zero attached hydrogens (tertiary/aromatic N) is 3. The normalized spacial score (nSPS) is 17.9. The number of benzene rings is 1. The predicted molar refractivity (Wildman–Crippen MR) is 125 cm³/mol. The topological polar surface area (TPSA) is 92.5 Å². The van der Waals surface area contributed by atoms with Gasteiger partial charge < -0.3 is 19.8 Å². The number of morpholine rings is 1. The Morgan fingerprint density at radius 2 is 1.94 bits per heavy atom. The molecular formula is C23H32ClN5O3. The van der Waals surface area contributed by atoms with Crippen molar-refractivity contribution in [3.63, 3.8) is 0 Å². The lowest BCUT2D eigenvalue weighted by atomic mass is 9.88. The monoisotopic (exact) mass is 461 g/mol. The number of rotatable bonds is 9. The highest BCUT2D eigenvalue weighted by Gasteiger charge is 2.21. The molecule has 0 atom stereocenters. The molecule has 1 aromatic heterocycles. The van der Waals surface area contributed by atoms with Crippen LogP contribution in [0.3, 0.4) is 0 Å². The molecule has 1 saturated carbocycles. The summed E-state index contributed by atoms with van der Waals surface area (Å²) in [5.41, 5.74) is 1.34. The Labute approximate surface area is 194 Å². The van der Waals surface area contributed by atoms with Gasteiger partial charge in [-0.1, -0.05) is 36.0 Å². The van der Waals surface area contributed by atoms with Crippen LogP contribution >= 0.6 is 11.6 Å². The highest BCUT2D eigenvalue weighted by atomic mass is 35.5. The second kappa shape index (κ2) is 11.6. The van der Waals surface area contributed by atoms with E-state index in [1.54, 1.807) is 12.1 Å². The standard InChI is InChI=1S/C23H32ClN5O3/c24-20-16-18(26-21(30)17-6-2-1-3-7-17)8-9-19(20)22-27-28-23(32-22)25-10-4-5-11-29-12-14-31-15-13-29/h8-9,16-17H,1-7,10-15H2,(H,25,28)(H,26,30). The van der Waals surface area contributed by atoms with Crippen molar-refractivity contribution in [3.8, 4) is 11.5 Å². The maximum atomic E-state index is 12.5. The zero-order valence-corrected chi connectivity index (χ0v) is 19.2. The fraction of sp³-hybridized carbons (Fsp3) is 0.609. The number of anilines is 2. The number of nitrogens with one attached hydrogen (secondary N) is 2. The first-order valence-corrected chi connectivity index (χ1v) is 12.0. The minimum atomic E-state index is 0.0754. The molecule has 2 fully saturated rings. The molecule has 0 bridgehead atoms. The quantitative estimate of drug-likeness (QED) is 0.533. The van der Waals surface area contributed by atoms with Crippen molar-refractivity contribution in [1.29, 1.82) is 0 Å². The molecule has 2 heterocycles. The molecule has 32 heavy (non-hydrogen) atoms. The van der Waals surface area contributed by atoms with Crippen LogP contribution in [0.4, 0.5) is 11.7 Å². The SMILES string of the molecule is O=C(Nc1ccc(-c2nnc(NCCCCN3CCOCC3)o2)c(Cl)c1)C1CCCCC1. The van der Waals surface area contributed by atoms with E-state index in [4.69, 9.17) is 20.8 Å². The van der Waals surface area contributed by atoms with Gasteiger partial charge in [0.1, 0.15) is 0 Å². The second-order valence-electron chi connectivity index (χ2n) is 8.52. The van der Waals surface area contributed by atoms with Gasteiger partial charge in [0.05, 0.1) is 23.8 Å². The molecule has 1 aromatic carbocycles. The van der Waals surface area contributed by atoms with Gasteiger partial charge >= 0.3 is 6.01 Å². The van der Waals surface area contributed by atoms with E-state index in [0.717, 1.165) is 77.9 Å². The maximum absolute atomic E-state index is 12.5. The minimum Gasteiger partial charge on any atom is -0.403 e. The minimum absolute atomic E-state index is 0.0754. The van der Waals surface area contributed by atoms with E-state index in [1.165, 1.54) is 6.42 Å². The Kier molecular flexibility index (Phi) is 8.36. The van der Waals surface area contributed by atoms with Crippen molar-refractivity contribution in [2.45, 2.75) is 44.9 Å². The van der Waals surface area contributed by atoms with Crippen molar-refractivity contribution in [2.24, 2.45) is 5.92 Å². The molecule has 8 nitrogen and oxygen atoms in total. The van der Waals surface area contributed by atoms with Crippen LogP contribution in [-0.4, -0.2) is 60.4 Å². The van der Waals surface area contributed by atoms with Crippen LogP contribution in [0.1, 0.15) is 44.9 Å². The molecular weight excluding hydrogens is 430 g/mol. The third kappa shape index (κ3) is 6.43. The molecule has 0 unspecified atom stereocenters. The fourth-order valence-electron chi connectivity index (χ4n) is 4.26. The van der Waals surface area contributed by atoms with Gasteiger partial charge in [0.25, 0.3) is 5.89 Å². The molecule has 4 rings (SSSR count). The summed E-state index contributed by atoms with van der Waals surface area (Å²) in [7, 11) is 0. The van der Waals surface area contributed by atoms with Crippen molar-refractivity contribution < 1.29 is 13.9 Å². The van der Waals surface area contributed by atoms with E-state index in [9.17, 15) is 4.79 Å². The summed E-state index contributed by atoms with van der Waals surface area (Å²) in [4.78, 5) is 14.9. The summed E-state index contributed by atoms with van der Waals surface area (Å²) in [6.07, 6.45) is 7.52. The van der Waals surface area contributed by atoms with E-state index in [1.807, 2.05) is 6.07 Å². The molecule has 1 amide bonds. The zero-order chi connectivity index (χ0) is 22.2. The lowest BCUT2D eigenvalue weighted by molar-refractivity contribution is -0.120. The third-order valence-corrected chi connectivity index (χ3v) is 6.46. The van der Waals surface area contributed by atoms with E-state index in [0.29, 0.717) is 28.2 Å². The van der Waals surface area contributed by atoms with Gasteiger partial charge in [-0.25, -0.2) is 0 Å². The average Bonchev–Trinajstić information content (AvgIpc) is 3.29. The van der Waals surface area contributed by atoms with Gasteiger partial charge in [0.2, 0.25) is 5.91 Å². The van der Waals surface area contributed by atoms with Gasteiger partial charge in [-0.2, -0.15) is 0 Å². The predicted octanol–water partition coefficient (Wildman–Crippen LogP) is 4.43. The first-order valence-electron chi connectivity index (χ1n) is 11.7. The number of hydrogen-bond donors (Lipinski definition) is 2. The van der Waals surface area contributed by atoms with E-state index in [2.05, 4.69) is 25.7 Å². The number of carbonyl (C=O) groups is 1. The lowest BCUT2D eigenvalue weighted by Crippen LogP contribution is -2.36. The molecule has 0 spiro atoms. The number of aromatic nitrogens is 2. The summed E-state index contributed by atoms with van der Waals surface area (Å²) >= 11 is 6.45. The molecule has 1 saturated heterocycles. The highest BCUT2D eigenvalue weighted by molar-refractivity contribution is 6.33. The molecule has 1 aliphatic carbocycles. The van der Waals surface area contributed by atoms with Crippen LogP contribution in [0.5, 0.6) is 0 Å². The van der Waals surface area contributed by atoms with Gasteiger partial charge in [-0.3, -0.25) is 9.69 Å².